The second-order valence-electron chi connectivity index (χ2n) is 6.65. The van der Waals surface area contributed by atoms with Crippen LogP contribution in [-0.4, -0.2) is 20.6 Å². The number of benzene rings is 3. The van der Waals surface area contributed by atoms with E-state index in [4.69, 9.17) is 0 Å². The van der Waals surface area contributed by atoms with Crippen LogP contribution >= 0.6 is 11.8 Å². The maximum Gasteiger partial charge on any atom is 0.255 e. The molecule has 0 saturated heterocycles. The van der Waals surface area contributed by atoms with Crippen molar-refractivity contribution in [2.24, 2.45) is 0 Å². The second kappa shape index (κ2) is 8.20. The number of anilines is 1. The van der Waals surface area contributed by atoms with Crippen molar-refractivity contribution in [3.63, 3.8) is 0 Å². The van der Waals surface area contributed by atoms with Crippen LogP contribution in [-0.2, 0) is 9.84 Å². The molecule has 0 heterocycles. The molecule has 0 fully saturated rings. The zero-order valence-corrected chi connectivity index (χ0v) is 17.5. The van der Waals surface area contributed by atoms with E-state index in [1.807, 2.05) is 24.3 Å². The molecule has 0 aromatic heterocycles. The molecule has 0 saturated carbocycles. The molecule has 3 aromatic rings. The minimum Gasteiger partial charge on any atom is -0.322 e. The summed E-state index contributed by atoms with van der Waals surface area (Å²) in [4.78, 5) is 14.8. The van der Waals surface area contributed by atoms with Gasteiger partial charge in [0.25, 0.3) is 5.91 Å². The maximum absolute atomic E-state index is 12.4. The Morgan fingerprint density at radius 3 is 2.11 bits per heavy atom. The molecule has 1 amide bonds. The number of amides is 1. The molecule has 0 aliphatic rings. The van der Waals surface area contributed by atoms with Gasteiger partial charge >= 0.3 is 0 Å². The number of hydrogen-bond acceptors (Lipinski definition) is 4. The fourth-order valence-corrected chi connectivity index (χ4v) is 4.22. The highest BCUT2D eigenvalue weighted by Crippen LogP contribution is 2.31. The molecular weight excluding hydrogens is 390 g/mol. The van der Waals surface area contributed by atoms with Gasteiger partial charge in [-0.25, -0.2) is 8.42 Å². The lowest BCUT2D eigenvalue weighted by Crippen LogP contribution is -2.12. The van der Waals surface area contributed by atoms with E-state index < -0.39 is 9.84 Å². The Morgan fingerprint density at radius 1 is 0.893 bits per heavy atom. The van der Waals surface area contributed by atoms with Gasteiger partial charge in [-0.3, -0.25) is 4.79 Å². The number of nitrogens with one attached hydrogen (secondary N) is 1. The van der Waals surface area contributed by atoms with E-state index in [1.54, 1.807) is 11.8 Å². The molecule has 6 heteroatoms. The Kier molecular flexibility index (Phi) is 5.91. The molecule has 0 unspecified atom stereocenters. The molecular formula is C22H21NO3S2. The molecule has 3 rings (SSSR count). The van der Waals surface area contributed by atoms with E-state index in [1.165, 1.54) is 40.3 Å². The van der Waals surface area contributed by atoms with Crippen molar-refractivity contribution in [1.29, 1.82) is 0 Å². The highest BCUT2D eigenvalue weighted by molar-refractivity contribution is 7.99. The zero-order valence-electron chi connectivity index (χ0n) is 15.9. The maximum atomic E-state index is 12.4. The van der Waals surface area contributed by atoms with Gasteiger partial charge < -0.3 is 5.32 Å². The largest absolute Gasteiger partial charge is 0.322 e. The van der Waals surface area contributed by atoms with Crippen molar-refractivity contribution in [3.8, 4) is 0 Å². The molecule has 0 atom stereocenters. The lowest BCUT2D eigenvalue weighted by atomic mass is 10.2. The van der Waals surface area contributed by atoms with Crippen LogP contribution < -0.4 is 5.32 Å². The lowest BCUT2D eigenvalue weighted by molar-refractivity contribution is 0.102. The number of rotatable bonds is 5. The highest BCUT2D eigenvalue weighted by Gasteiger charge is 2.10. The van der Waals surface area contributed by atoms with Crippen molar-refractivity contribution in [1.82, 2.24) is 0 Å². The molecule has 0 bridgehead atoms. The first-order valence-corrected chi connectivity index (χ1v) is 11.4. The molecule has 144 valence electrons. The van der Waals surface area contributed by atoms with Gasteiger partial charge in [-0.1, -0.05) is 29.5 Å². The second-order valence-corrected chi connectivity index (χ2v) is 9.78. The van der Waals surface area contributed by atoms with Crippen molar-refractivity contribution < 1.29 is 13.2 Å². The van der Waals surface area contributed by atoms with Gasteiger partial charge in [0.1, 0.15) is 0 Å². The van der Waals surface area contributed by atoms with Crippen LogP contribution in [0.1, 0.15) is 21.5 Å². The molecule has 0 radical (unpaired) electrons. The zero-order chi connectivity index (χ0) is 20.3. The van der Waals surface area contributed by atoms with Gasteiger partial charge in [-0.2, -0.15) is 0 Å². The number of sulfone groups is 1. The fraction of sp³-hybridized carbons (Fsp3) is 0.136. The molecule has 1 N–H and O–H groups in total. The minimum absolute atomic E-state index is 0.192. The number of hydrogen-bond donors (Lipinski definition) is 1. The normalized spacial score (nSPS) is 11.2. The first-order chi connectivity index (χ1) is 13.2. The predicted molar refractivity (Wildman–Crippen MR) is 114 cm³/mol. The van der Waals surface area contributed by atoms with Gasteiger partial charge in [-0.15, -0.1) is 0 Å². The van der Waals surface area contributed by atoms with Crippen molar-refractivity contribution >= 4 is 33.2 Å². The third-order valence-corrected chi connectivity index (χ3v) is 6.53. The van der Waals surface area contributed by atoms with Crippen LogP contribution in [0.25, 0.3) is 0 Å². The summed E-state index contributed by atoms with van der Waals surface area (Å²) in [5.41, 5.74) is 3.56. The number of carbonyl (C=O) groups is 1. The van der Waals surface area contributed by atoms with Crippen molar-refractivity contribution in [3.05, 3.63) is 83.4 Å². The molecule has 3 aromatic carbocycles. The quantitative estimate of drug-likeness (QED) is 0.634. The summed E-state index contributed by atoms with van der Waals surface area (Å²) in [7, 11) is -3.27. The predicted octanol–water partition coefficient (Wildman–Crippen LogP) is 5.11. The van der Waals surface area contributed by atoms with Crippen LogP contribution in [0.2, 0.25) is 0 Å². The lowest BCUT2D eigenvalue weighted by Gasteiger charge is -2.09. The molecule has 0 spiro atoms. The van der Waals surface area contributed by atoms with E-state index >= 15 is 0 Å². The Balaban J connectivity index is 1.67. The topological polar surface area (TPSA) is 63.2 Å². The van der Waals surface area contributed by atoms with Crippen LogP contribution in [0.3, 0.4) is 0 Å². The first kappa shape index (κ1) is 20.2. The monoisotopic (exact) mass is 411 g/mol. The summed E-state index contributed by atoms with van der Waals surface area (Å²) in [5, 5.41) is 2.83. The van der Waals surface area contributed by atoms with Gasteiger partial charge in [0.15, 0.2) is 9.84 Å². The van der Waals surface area contributed by atoms with E-state index in [-0.39, 0.29) is 10.8 Å². The SMILES string of the molecule is Cc1ccc(Sc2ccc(NC(=O)c3ccc(S(C)(=O)=O)cc3)cc2)c(C)c1. The van der Waals surface area contributed by atoms with Crippen molar-refractivity contribution in [2.75, 3.05) is 11.6 Å². The standard InChI is InChI=1S/C22H21NO3S2/c1-15-4-13-21(16(2)14-15)27-19-9-7-18(8-10-19)23-22(24)17-5-11-20(12-6-17)28(3,25)26/h4-14H,1-3H3,(H,23,24). The fourth-order valence-electron chi connectivity index (χ4n) is 2.70. The summed E-state index contributed by atoms with van der Waals surface area (Å²) in [6.07, 6.45) is 1.14. The Labute approximate surface area is 169 Å². The van der Waals surface area contributed by atoms with Crippen LogP contribution in [0.15, 0.2) is 81.4 Å². The van der Waals surface area contributed by atoms with Crippen molar-refractivity contribution in [2.45, 2.75) is 28.5 Å². The van der Waals surface area contributed by atoms with E-state index in [0.717, 1.165) is 11.2 Å². The van der Waals surface area contributed by atoms with Crippen LogP contribution in [0.4, 0.5) is 5.69 Å². The third-order valence-electron chi connectivity index (χ3n) is 4.22. The summed E-state index contributed by atoms with van der Waals surface area (Å²) < 4.78 is 23.0. The van der Waals surface area contributed by atoms with E-state index in [9.17, 15) is 13.2 Å². The average molecular weight is 412 g/mol. The molecule has 4 nitrogen and oxygen atoms in total. The molecule has 28 heavy (non-hydrogen) atoms. The number of aryl methyl sites for hydroxylation is 2. The van der Waals surface area contributed by atoms with E-state index in [2.05, 4.69) is 37.4 Å². The molecule has 0 aliphatic carbocycles. The van der Waals surface area contributed by atoms with E-state index in [0.29, 0.717) is 11.3 Å². The highest BCUT2D eigenvalue weighted by atomic mass is 32.2. The smallest absolute Gasteiger partial charge is 0.255 e. The first-order valence-electron chi connectivity index (χ1n) is 8.69. The third kappa shape index (κ3) is 5.03. The van der Waals surface area contributed by atoms with Crippen LogP contribution in [0, 0.1) is 13.8 Å². The van der Waals surface area contributed by atoms with Gasteiger partial charge in [0.2, 0.25) is 0 Å². The van der Waals surface area contributed by atoms with Gasteiger partial charge in [-0.05, 0) is 74.0 Å². The summed E-state index contributed by atoms with van der Waals surface area (Å²) in [5.74, 6) is -0.283. The van der Waals surface area contributed by atoms with Crippen LogP contribution in [0.5, 0.6) is 0 Å². The summed E-state index contributed by atoms with van der Waals surface area (Å²) >= 11 is 1.68. The van der Waals surface area contributed by atoms with Gasteiger partial charge in [0.05, 0.1) is 4.90 Å². The average Bonchev–Trinajstić information content (AvgIpc) is 2.65. The molecule has 0 aliphatic heterocycles. The summed E-state index contributed by atoms with van der Waals surface area (Å²) in [6, 6.07) is 19.9. The van der Waals surface area contributed by atoms with Gasteiger partial charge in [0, 0.05) is 27.3 Å². The minimum atomic E-state index is -3.27. The Hall–Kier alpha value is -2.57. The summed E-state index contributed by atoms with van der Waals surface area (Å²) in [6.45, 7) is 4.17. The Bertz CT molecular complexity index is 1100. The number of carbonyl (C=O) groups excluding carboxylic acids is 1. The Morgan fingerprint density at radius 2 is 1.54 bits per heavy atom.